The van der Waals surface area contributed by atoms with Crippen LogP contribution in [-0.4, -0.2) is 35.6 Å². The summed E-state index contributed by atoms with van der Waals surface area (Å²) in [4.78, 5) is 12.5. The first-order chi connectivity index (χ1) is 4.59. The Bertz CT molecular complexity index is 150. The number of carbonyl (C=O) groups is 1. The smallest absolute Gasteiger partial charge is 0.324 e. The molecular weight excluding hydrogens is 130 g/mol. The molecule has 0 atom stereocenters. The van der Waals surface area contributed by atoms with Crippen molar-refractivity contribution in [2.45, 2.75) is 24.8 Å². The first-order valence-corrected chi connectivity index (χ1v) is 3.50. The quantitative estimate of drug-likeness (QED) is 0.614. The molecule has 1 rings (SSSR count). The monoisotopic (exact) mass is 143 g/mol. The maximum absolute atomic E-state index is 10.7. The van der Waals surface area contributed by atoms with Crippen molar-refractivity contribution in [3.05, 3.63) is 0 Å². The molecule has 0 amide bonds. The molecule has 1 saturated carbocycles. The molecule has 0 radical (unpaired) electrons. The molecule has 0 aromatic heterocycles. The minimum atomic E-state index is -0.677. The van der Waals surface area contributed by atoms with Crippen LogP contribution in [-0.2, 0) is 4.79 Å². The largest absolute Gasteiger partial charge is 0.480 e. The number of carboxylic acids is 1. The first kappa shape index (κ1) is 7.54. The Labute approximate surface area is 60.6 Å². The van der Waals surface area contributed by atoms with E-state index in [1.54, 1.807) is 4.90 Å². The van der Waals surface area contributed by atoms with Gasteiger partial charge in [0.2, 0.25) is 0 Å². The van der Waals surface area contributed by atoms with E-state index in [9.17, 15) is 4.79 Å². The topological polar surface area (TPSA) is 40.5 Å². The highest BCUT2D eigenvalue weighted by Gasteiger charge is 2.46. The number of likely N-dealkylation sites (N-methyl/N-ethyl adjacent to an activating group) is 1. The lowest BCUT2D eigenvalue weighted by Crippen LogP contribution is -2.56. The Morgan fingerprint density at radius 2 is 2.00 bits per heavy atom. The van der Waals surface area contributed by atoms with E-state index in [1.807, 2.05) is 14.1 Å². The summed E-state index contributed by atoms with van der Waals surface area (Å²) >= 11 is 0. The zero-order chi connectivity index (χ0) is 7.78. The van der Waals surface area contributed by atoms with Gasteiger partial charge in [-0.25, -0.2) is 0 Å². The van der Waals surface area contributed by atoms with Crippen LogP contribution in [0, 0.1) is 0 Å². The lowest BCUT2D eigenvalue weighted by atomic mass is 9.76. The highest BCUT2D eigenvalue weighted by molar-refractivity contribution is 5.79. The van der Waals surface area contributed by atoms with Crippen molar-refractivity contribution in [1.29, 1.82) is 0 Å². The van der Waals surface area contributed by atoms with Crippen molar-refractivity contribution in [3.8, 4) is 0 Å². The van der Waals surface area contributed by atoms with E-state index in [-0.39, 0.29) is 0 Å². The number of aliphatic carboxylic acids is 1. The van der Waals surface area contributed by atoms with Crippen LogP contribution >= 0.6 is 0 Å². The predicted molar refractivity (Wildman–Crippen MR) is 37.9 cm³/mol. The summed E-state index contributed by atoms with van der Waals surface area (Å²) in [5.41, 5.74) is -0.528. The minimum Gasteiger partial charge on any atom is -0.480 e. The average molecular weight is 143 g/mol. The fourth-order valence-corrected chi connectivity index (χ4v) is 1.36. The van der Waals surface area contributed by atoms with Crippen LogP contribution in [0.3, 0.4) is 0 Å². The van der Waals surface area contributed by atoms with E-state index in [2.05, 4.69) is 0 Å². The summed E-state index contributed by atoms with van der Waals surface area (Å²) in [6.45, 7) is 0. The third-order valence-electron chi connectivity index (χ3n) is 2.43. The fourth-order valence-electron chi connectivity index (χ4n) is 1.36. The Morgan fingerprint density at radius 1 is 1.50 bits per heavy atom. The zero-order valence-corrected chi connectivity index (χ0v) is 6.42. The third kappa shape index (κ3) is 0.814. The molecule has 1 aliphatic carbocycles. The summed E-state index contributed by atoms with van der Waals surface area (Å²) in [6.07, 6.45) is 2.65. The van der Waals surface area contributed by atoms with E-state index in [0.717, 1.165) is 19.3 Å². The summed E-state index contributed by atoms with van der Waals surface area (Å²) in [5, 5.41) is 8.81. The molecule has 3 heteroatoms. The van der Waals surface area contributed by atoms with Gasteiger partial charge < -0.3 is 5.11 Å². The van der Waals surface area contributed by atoms with Crippen LogP contribution in [0.5, 0.6) is 0 Å². The molecule has 1 N–H and O–H groups in total. The lowest BCUT2D eigenvalue weighted by Gasteiger charge is -2.43. The van der Waals surface area contributed by atoms with Gasteiger partial charge in [-0.2, -0.15) is 0 Å². The van der Waals surface area contributed by atoms with Gasteiger partial charge in [-0.3, -0.25) is 9.69 Å². The molecule has 3 nitrogen and oxygen atoms in total. The van der Waals surface area contributed by atoms with Crippen molar-refractivity contribution in [2.24, 2.45) is 0 Å². The second-order valence-electron chi connectivity index (χ2n) is 3.08. The van der Waals surface area contributed by atoms with Gasteiger partial charge in [-0.1, -0.05) is 0 Å². The van der Waals surface area contributed by atoms with Gasteiger partial charge in [0.15, 0.2) is 0 Å². The van der Waals surface area contributed by atoms with E-state index in [4.69, 9.17) is 5.11 Å². The molecule has 0 aromatic rings. The molecule has 1 fully saturated rings. The normalized spacial score (nSPS) is 22.3. The van der Waals surface area contributed by atoms with Crippen molar-refractivity contribution < 1.29 is 9.90 Å². The van der Waals surface area contributed by atoms with Crippen molar-refractivity contribution in [2.75, 3.05) is 14.1 Å². The SMILES string of the molecule is CN(C)C1(C(=O)O)CCC1. The lowest BCUT2D eigenvalue weighted by molar-refractivity contribution is -0.155. The Kier molecular flexibility index (Phi) is 1.68. The van der Waals surface area contributed by atoms with Gasteiger partial charge in [0, 0.05) is 0 Å². The maximum atomic E-state index is 10.7. The fraction of sp³-hybridized carbons (Fsp3) is 0.857. The average Bonchev–Trinajstić information content (AvgIpc) is 1.57. The molecule has 0 spiro atoms. The third-order valence-corrected chi connectivity index (χ3v) is 2.43. The molecule has 0 unspecified atom stereocenters. The highest BCUT2D eigenvalue weighted by Crippen LogP contribution is 2.35. The zero-order valence-electron chi connectivity index (χ0n) is 6.42. The summed E-state index contributed by atoms with van der Waals surface area (Å²) in [6, 6.07) is 0. The number of carboxylic acid groups (broad SMARTS) is 1. The van der Waals surface area contributed by atoms with E-state index < -0.39 is 11.5 Å². The number of rotatable bonds is 2. The second-order valence-corrected chi connectivity index (χ2v) is 3.08. The van der Waals surface area contributed by atoms with Crippen LogP contribution in [0.4, 0.5) is 0 Å². The number of nitrogens with zero attached hydrogens (tertiary/aromatic N) is 1. The van der Waals surface area contributed by atoms with Crippen LogP contribution in [0.25, 0.3) is 0 Å². The van der Waals surface area contributed by atoms with E-state index in [0.29, 0.717) is 0 Å². The molecular formula is C7H13NO2. The van der Waals surface area contributed by atoms with Crippen molar-refractivity contribution >= 4 is 5.97 Å². The molecule has 0 saturated heterocycles. The number of hydrogen-bond donors (Lipinski definition) is 1. The Morgan fingerprint density at radius 3 is 2.00 bits per heavy atom. The van der Waals surface area contributed by atoms with Gasteiger partial charge in [0.1, 0.15) is 5.54 Å². The Hall–Kier alpha value is -0.570. The molecule has 0 heterocycles. The molecule has 0 aromatic carbocycles. The van der Waals surface area contributed by atoms with Gasteiger partial charge in [-0.05, 0) is 33.4 Å². The standard InChI is InChI=1S/C7H13NO2/c1-8(2)7(6(9)10)4-3-5-7/h3-5H2,1-2H3,(H,9,10). The van der Waals surface area contributed by atoms with Crippen LogP contribution in [0.1, 0.15) is 19.3 Å². The minimum absolute atomic E-state index is 0.528. The molecule has 0 aliphatic heterocycles. The Balaban J connectivity index is 2.68. The van der Waals surface area contributed by atoms with Crippen LogP contribution in [0.15, 0.2) is 0 Å². The molecule has 1 aliphatic rings. The summed E-state index contributed by atoms with van der Waals surface area (Å²) < 4.78 is 0. The van der Waals surface area contributed by atoms with Gasteiger partial charge in [-0.15, -0.1) is 0 Å². The highest BCUT2D eigenvalue weighted by atomic mass is 16.4. The van der Waals surface area contributed by atoms with Crippen LogP contribution < -0.4 is 0 Å². The molecule has 0 bridgehead atoms. The summed E-state index contributed by atoms with van der Waals surface area (Å²) in [7, 11) is 3.65. The second kappa shape index (κ2) is 2.23. The molecule has 10 heavy (non-hydrogen) atoms. The van der Waals surface area contributed by atoms with E-state index in [1.165, 1.54) is 0 Å². The first-order valence-electron chi connectivity index (χ1n) is 3.50. The van der Waals surface area contributed by atoms with E-state index >= 15 is 0 Å². The van der Waals surface area contributed by atoms with Crippen molar-refractivity contribution in [1.82, 2.24) is 4.90 Å². The van der Waals surface area contributed by atoms with Crippen molar-refractivity contribution in [3.63, 3.8) is 0 Å². The summed E-state index contributed by atoms with van der Waals surface area (Å²) in [5.74, 6) is -0.677. The number of hydrogen-bond acceptors (Lipinski definition) is 2. The van der Waals surface area contributed by atoms with Crippen LogP contribution in [0.2, 0.25) is 0 Å². The van der Waals surface area contributed by atoms with Gasteiger partial charge in [0.25, 0.3) is 0 Å². The predicted octanol–water partition coefficient (Wildman–Crippen LogP) is 0.555. The van der Waals surface area contributed by atoms with Gasteiger partial charge in [0.05, 0.1) is 0 Å². The maximum Gasteiger partial charge on any atom is 0.324 e. The molecule has 58 valence electrons. The van der Waals surface area contributed by atoms with Gasteiger partial charge >= 0.3 is 5.97 Å².